The number of carboxylic acids is 1. The Labute approximate surface area is 101 Å². The molecule has 0 radical (unpaired) electrons. The number of carbonyl (C=O) groups is 2. The Morgan fingerprint density at radius 1 is 1.29 bits per heavy atom. The van der Waals surface area contributed by atoms with E-state index in [0.717, 1.165) is 23.0 Å². The average molecular weight is 234 g/mol. The van der Waals surface area contributed by atoms with Crippen molar-refractivity contribution < 1.29 is 14.7 Å². The van der Waals surface area contributed by atoms with Crippen LogP contribution >= 0.6 is 0 Å². The number of rotatable bonds is 4. The summed E-state index contributed by atoms with van der Waals surface area (Å²) in [5.74, 6) is -0.856. The predicted octanol–water partition coefficient (Wildman–Crippen LogP) is 2.87. The van der Waals surface area contributed by atoms with Crippen molar-refractivity contribution in [3.8, 4) is 0 Å². The molecule has 3 nitrogen and oxygen atoms in total. The van der Waals surface area contributed by atoms with Crippen LogP contribution < -0.4 is 0 Å². The van der Waals surface area contributed by atoms with E-state index in [1.807, 2.05) is 39.8 Å². The number of hydrogen-bond donors (Lipinski definition) is 1. The number of aliphatic carboxylic acids is 1. The second-order valence-electron chi connectivity index (χ2n) is 5.10. The molecule has 0 saturated carbocycles. The molecular formula is C14H18O3. The Kier molecular flexibility index (Phi) is 3.71. The third kappa shape index (κ3) is 2.93. The molecule has 0 spiro atoms. The van der Waals surface area contributed by atoms with Crippen LogP contribution in [-0.4, -0.2) is 17.4 Å². The summed E-state index contributed by atoms with van der Waals surface area (Å²) in [4.78, 5) is 21.9. The van der Waals surface area contributed by atoms with E-state index in [2.05, 4.69) is 0 Å². The van der Waals surface area contributed by atoms with E-state index in [1.165, 1.54) is 0 Å². The van der Waals surface area contributed by atoms with Gasteiger partial charge >= 0.3 is 5.97 Å². The zero-order valence-corrected chi connectivity index (χ0v) is 10.7. The molecule has 1 N–H and O–H groups in total. The lowest BCUT2D eigenvalue weighted by Crippen LogP contribution is -2.23. The lowest BCUT2D eigenvalue weighted by atomic mass is 9.78. The van der Waals surface area contributed by atoms with Crippen LogP contribution in [0.1, 0.15) is 47.3 Å². The van der Waals surface area contributed by atoms with Crippen LogP contribution in [0.2, 0.25) is 0 Å². The fourth-order valence-corrected chi connectivity index (χ4v) is 2.00. The Morgan fingerprint density at radius 3 is 2.29 bits per heavy atom. The first-order valence-corrected chi connectivity index (χ1v) is 5.56. The lowest BCUT2D eigenvalue weighted by Gasteiger charge is -2.25. The molecule has 0 aliphatic rings. The second kappa shape index (κ2) is 4.70. The van der Waals surface area contributed by atoms with Gasteiger partial charge in [0.15, 0.2) is 0 Å². The number of hydrogen-bond acceptors (Lipinski definition) is 2. The molecule has 0 bridgehead atoms. The van der Waals surface area contributed by atoms with Gasteiger partial charge in [-0.05, 0) is 36.6 Å². The minimum Gasteiger partial charge on any atom is -0.481 e. The fraction of sp³-hybridized carbons (Fsp3) is 0.429. The molecule has 0 fully saturated rings. The molecule has 0 aliphatic heterocycles. The highest BCUT2D eigenvalue weighted by atomic mass is 16.4. The first kappa shape index (κ1) is 13.4. The normalized spacial score (nSPS) is 11.3. The largest absolute Gasteiger partial charge is 0.481 e. The quantitative estimate of drug-likeness (QED) is 0.815. The van der Waals surface area contributed by atoms with Crippen LogP contribution in [0.3, 0.4) is 0 Å². The highest BCUT2D eigenvalue weighted by Crippen LogP contribution is 2.31. The lowest BCUT2D eigenvalue weighted by molar-refractivity contribution is -0.138. The minimum atomic E-state index is -0.856. The Bertz CT molecular complexity index is 459. The van der Waals surface area contributed by atoms with Gasteiger partial charge in [-0.2, -0.15) is 0 Å². The minimum absolute atomic E-state index is 0.0103. The Morgan fingerprint density at radius 2 is 1.82 bits per heavy atom. The number of aryl methyl sites for hydroxylation is 2. The molecule has 0 unspecified atom stereocenters. The predicted molar refractivity (Wildman–Crippen MR) is 66.6 cm³/mol. The zero-order valence-electron chi connectivity index (χ0n) is 10.7. The summed E-state index contributed by atoms with van der Waals surface area (Å²) in [6.07, 6.45) is 0.807. The van der Waals surface area contributed by atoms with Gasteiger partial charge in [-0.1, -0.05) is 19.9 Å². The van der Waals surface area contributed by atoms with Crippen molar-refractivity contribution in [3.05, 3.63) is 34.4 Å². The van der Waals surface area contributed by atoms with Gasteiger partial charge in [0.05, 0.1) is 6.42 Å². The molecule has 0 saturated heterocycles. The molecule has 0 amide bonds. The molecule has 0 heterocycles. The SMILES string of the molecule is Cc1cc(C=O)c(C(C)(C)CC(=O)O)cc1C. The van der Waals surface area contributed by atoms with Crippen molar-refractivity contribution in [2.45, 2.75) is 39.5 Å². The first-order chi connectivity index (χ1) is 7.77. The molecule has 1 rings (SSSR count). The van der Waals surface area contributed by atoms with Crippen LogP contribution in [0.5, 0.6) is 0 Å². The van der Waals surface area contributed by atoms with Gasteiger partial charge in [0.2, 0.25) is 0 Å². The van der Waals surface area contributed by atoms with Crippen molar-refractivity contribution in [1.82, 2.24) is 0 Å². The highest BCUT2D eigenvalue weighted by Gasteiger charge is 2.27. The van der Waals surface area contributed by atoms with Crippen molar-refractivity contribution in [2.75, 3.05) is 0 Å². The van der Waals surface area contributed by atoms with Crippen LogP contribution in [0, 0.1) is 13.8 Å². The molecule has 17 heavy (non-hydrogen) atoms. The Hall–Kier alpha value is -1.64. The number of carboxylic acid groups (broad SMARTS) is 1. The van der Waals surface area contributed by atoms with Gasteiger partial charge in [-0.3, -0.25) is 9.59 Å². The maximum absolute atomic E-state index is 11.1. The first-order valence-electron chi connectivity index (χ1n) is 5.56. The van der Waals surface area contributed by atoms with Crippen molar-refractivity contribution in [2.24, 2.45) is 0 Å². The van der Waals surface area contributed by atoms with Gasteiger partial charge < -0.3 is 5.11 Å². The maximum Gasteiger partial charge on any atom is 0.304 e. The summed E-state index contributed by atoms with van der Waals surface area (Å²) < 4.78 is 0. The van der Waals surface area contributed by atoms with Gasteiger partial charge in [0, 0.05) is 11.0 Å². The number of benzene rings is 1. The van der Waals surface area contributed by atoms with Crippen molar-refractivity contribution in [3.63, 3.8) is 0 Å². The zero-order chi connectivity index (χ0) is 13.2. The number of carbonyl (C=O) groups excluding carboxylic acids is 1. The molecular weight excluding hydrogens is 216 g/mol. The summed E-state index contributed by atoms with van der Waals surface area (Å²) in [5, 5.41) is 8.91. The molecule has 1 aromatic rings. The summed E-state index contributed by atoms with van der Waals surface area (Å²) in [6, 6.07) is 3.74. The van der Waals surface area contributed by atoms with E-state index in [0.29, 0.717) is 5.56 Å². The standard InChI is InChI=1S/C14H18O3/c1-9-5-11(8-15)12(6-10(9)2)14(3,4)7-13(16)17/h5-6,8H,7H2,1-4H3,(H,16,17). The van der Waals surface area contributed by atoms with Crippen LogP contribution in [-0.2, 0) is 10.2 Å². The van der Waals surface area contributed by atoms with E-state index in [4.69, 9.17) is 5.11 Å². The second-order valence-corrected chi connectivity index (χ2v) is 5.10. The van der Waals surface area contributed by atoms with Crippen LogP contribution in [0.15, 0.2) is 12.1 Å². The third-order valence-corrected chi connectivity index (χ3v) is 3.12. The monoisotopic (exact) mass is 234 g/mol. The Balaban J connectivity index is 3.33. The summed E-state index contributed by atoms with van der Waals surface area (Å²) >= 11 is 0. The topological polar surface area (TPSA) is 54.4 Å². The van der Waals surface area contributed by atoms with E-state index in [9.17, 15) is 9.59 Å². The van der Waals surface area contributed by atoms with Crippen LogP contribution in [0.25, 0.3) is 0 Å². The van der Waals surface area contributed by atoms with Crippen molar-refractivity contribution >= 4 is 12.3 Å². The number of aldehydes is 1. The van der Waals surface area contributed by atoms with E-state index in [1.54, 1.807) is 0 Å². The third-order valence-electron chi connectivity index (χ3n) is 3.12. The summed E-state index contributed by atoms with van der Waals surface area (Å²) in [6.45, 7) is 7.59. The van der Waals surface area contributed by atoms with Crippen molar-refractivity contribution in [1.29, 1.82) is 0 Å². The fourth-order valence-electron chi connectivity index (χ4n) is 2.00. The van der Waals surface area contributed by atoms with E-state index in [-0.39, 0.29) is 6.42 Å². The smallest absolute Gasteiger partial charge is 0.304 e. The van der Waals surface area contributed by atoms with Gasteiger partial charge in [-0.25, -0.2) is 0 Å². The van der Waals surface area contributed by atoms with E-state index >= 15 is 0 Å². The average Bonchev–Trinajstić information content (AvgIpc) is 2.19. The van der Waals surface area contributed by atoms with Gasteiger partial charge in [0.1, 0.15) is 6.29 Å². The molecule has 92 valence electrons. The van der Waals surface area contributed by atoms with Crippen LogP contribution in [0.4, 0.5) is 0 Å². The van der Waals surface area contributed by atoms with E-state index < -0.39 is 11.4 Å². The van der Waals surface area contributed by atoms with Gasteiger partial charge in [-0.15, -0.1) is 0 Å². The summed E-state index contributed by atoms with van der Waals surface area (Å²) in [5.41, 5.74) is 2.96. The summed E-state index contributed by atoms with van der Waals surface area (Å²) in [7, 11) is 0. The molecule has 1 aromatic carbocycles. The maximum atomic E-state index is 11.1. The molecule has 3 heteroatoms. The highest BCUT2D eigenvalue weighted by molar-refractivity contribution is 5.80. The molecule has 0 aliphatic carbocycles. The molecule has 0 atom stereocenters. The molecule has 0 aromatic heterocycles. The van der Waals surface area contributed by atoms with Gasteiger partial charge in [0.25, 0.3) is 0 Å².